The van der Waals surface area contributed by atoms with Crippen LogP contribution in [0.3, 0.4) is 0 Å². The molecule has 1 aromatic heterocycles. The van der Waals surface area contributed by atoms with Crippen LogP contribution < -0.4 is 27.4 Å². The zero-order chi connectivity index (χ0) is 20.8. The number of hydrogen-bond donors (Lipinski definition) is 6. The van der Waals surface area contributed by atoms with Crippen LogP contribution >= 0.6 is 0 Å². The third-order valence-electron chi connectivity index (χ3n) is 4.08. The standard InChI is InChI=1S/C18H22FN7O2/c1-3-12(16(22)28)24-18-11(19)7-9(15(21)27)17(26-18)25-14-6-4-5-13(23-2)10(14)8-20/h4-8,12,20,23H,3H2,1-2H3,(H2,21,27)(H2,22,28)(H2,24,25,26)/t12-/m1/s1. The van der Waals surface area contributed by atoms with Crippen molar-refractivity contribution in [3.8, 4) is 0 Å². The van der Waals surface area contributed by atoms with Gasteiger partial charge in [-0.2, -0.15) is 0 Å². The van der Waals surface area contributed by atoms with Gasteiger partial charge in [0.25, 0.3) is 5.91 Å². The molecule has 0 saturated carbocycles. The number of primary amides is 2. The van der Waals surface area contributed by atoms with E-state index in [0.717, 1.165) is 12.3 Å². The van der Waals surface area contributed by atoms with E-state index < -0.39 is 23.7 Å². The third-order valence-corrected chi connectivity index (χ3v) is 4.08. The molecule has 9 nitrogen and oxygen atoms in total. The Labute approximate surface area is 161 Å². The molecule has 2 amide bonds. The lowest BCUT2D eigenvalue weighted by molar-refractivity contribution is -0.118. The van der Waals surface area contributed by atoms with Gasteiger partial charge in [-0.05, 0) is 24.6 Å². The van der Waals surface area contributed by atoms with Crippen molar-refractivity contribution >= 4 is 41.0 Å². The topological polar surface area (TPSA) is 159 Å². The van der Waals surface area contributed by atoms with Gasteiger partial charge in [0.1, 0.15) is 11.9 Å². The molecule has 10 heteroatoms. The lowest BCUT2D eigenvalue weighted by Crippen LogP contribution is -2.35. The number of rotatable bonds is 9. The highest BCUT2D eigenvalue weighted by Crippen LogP contribution is 2.28. The maximum atomic E-state index is 14.4. The molecule has 0 spiro atoms. The first kappa shape index (κ1) is 20.6. The van der Waals surface area contributed by atoms with Gasteiger partial charge in [0, 0.05) is 24.5 Å². The summed E-state index contributed by atoms with van der Waals surface area (Å²) < 4.78 is 14.4. The van der Waals surface area contributed by atoms with Crippen LogP contribution in [0.5, 0.6) is 0 Å². The second-order valence-electron chi connectivity index (χ2n) is 5.87. The molecular formula is C18H22FN7O2. The first-order valence-electron chi connectivity index (χ1n) is 8.46. The Morgan fingerprint density at radius 2 is 1.96 bits per heavy atom. The van der Waals surface area contributed by atoms with Crippen molar-refractivity contribution in [3.05, 3.63) is 41.2 Å². The number of nitrogens with two attached hydrogens (primary N) is 2. The van der Waals surface area contributed by atoms with Gasteiger partial charge in [-0.15, -0.1) is 0 Å². The highest BCUT2D eigenvalue weighted by molar-refractivity contribution is 6.00. The van der Waals surface area contributed by atoms with E-state index in [1.807, 2.05) is 0 Å². The molecule has 0 aliphatic heterocycles. The number of nitrogens with zero attached hydrogens (tertiary/aromatic N) is 1. The molecule has 0 unspecified atom stereocenters. The number of pyridine rings is 1. The Morgan fingerprint density at radius 1 is 1.29 bits per heavy atom. The highest BCUT2D eigenvalue weighted by Gasteiger charge is 2.20. The molecule has 2 rings (SSSR count). The van der Waals surface area contributed by atoms with E-state index in [0.29, 0.717) is 23.4 Å². The van der Waals surface area contributed by atoms with Crippen molar-refractivity contribution in [3.63, 3.8) is 0 Å². The van der Waals surface area contributed by atoms with Crippen molar-refractivity contribution in [1.29, 1.82) is 5.41 Å². The zero-order valence-electron chi connectivity index (χ0n) is 15.5. The number of carbonyl (C=O) groups excluding carboxylic acids is 2. The molecule has 1 aromatic carbocycles. The van der Waals surface area contributed by atoms with Crippen LogP contribution in [0.4, 0.5) is 27.4 Å². The van der Waals surface area contributed by atoms with Crippen LogP contribution in [0, 0.1) is 11.2 Å². The summed E-state index contributed by atoms with van der Waals surface area (Å²) in [4.78, 5) is 27.3. The second kappa shape index (κ2) is 8.80. The minimum atomic E-state index is -0.886. The van der Waals surface area contributed by atoms with Gasteiger partial charge < -0.3 is 32.8 Å². The number of hydrogen-bond acceptors (Lipinski definition) is 7. The van der Waals surface area contributed by atoms with E-state index in [9.17, 15) is 14.0 Å². The molecule has 148 valence electrons. The van der Waals surface area contributed by atoms with Crippen LogP contribution in [-0.4, -0.2) is 36.1 Å². The summed E-state index contributed by atoms with van der Waals surface area (Å²) in [5.74, 6) is -2.67. The van der Waals surface area contributed by atoms with Crippen molar-refractivity contribution in [2.24, 2.45) is 11.5 Å². The molecule has 28 heavy (non-hydrogen) atoms. The van der Waals surface area contributed by atoms with Gasteiger partial charge in [0.15, 0.2) is 11.6 Å². The van der Waals surface area contributed by atoms with E-state index in [2.05, 4.69) is 20.9 Å². The average Bonchev–Trinajstić information content (AvgIpc) is 2.67. The summed E-state index contributed by atoms with van der Waals surface area (Å²) in [7, 11) is 1.70. The number of aromatic nitrogens is 1. The second-order valence-corrected chi connectivity index (χ2v) is 5.87. The monoisotopic (exact) mass is 387 g/mol. The molecule has 8 N–H and O–H groups in total. The van der Waals surface area contributed by atoms with E-state index >= 15 is 0 Å². The Balaban J connectivity index is 2.53. The summed E-state index contributed by atoms with van der Waals surface area (Å²) in [6.45, 7) is 1.71. The van der Waals surface area contributed by atoms with Crippen molar-refractivity contribution in [2.45, 2.75) is 19.4 Å². The molecule has 0 fully saturated rings. The number of anilines is 4. The number of benzene rings is 1. The van der Waals surface area contributed by atoms with E-state index in [1.54, 1.807) is 32.2 Å². The Bertz CT molecular complexity index is 917. The maximum absolute atomic E-state index is 14.4. The van der Waals surface area contributed by atoms with Crippen LogP contribution in [0.1, 0.15) is 29.3 Å². The normalized spacial score (nSPS) is 11.4. The van der Waals surface area contributed by atoms with Crippen molar-refractivity contribution in [2.75, 3.05) is 23.0 Å². The Kier molecular flexibility index (Phi) is 6.48. The van der Waals surface area contributed by atoms with E-state index in [-0.39, 0.29) is 17.2 Å². The quantitative estimate of drug-likeness (QED) is 0.360. The van der Waals surface area contributed by atoms with Crippen molar-refractivity contribution in [1.82, 2.24) is 4.98 Å². The molecule has 0 aliphatic rings. The summed E-state index contributed by atoms with van der Waals surface area (Å²) in [6.07, 6.45) is 1.44. The Morgan fingerprint density at radius 3 is 2.50 bits per heavy atom. The lowest BCUT2D eigenvalue weighted by Gasteiger charge is -2.18. The number of carbonyl (C=O) groups is 2. The number of amides is 2. The maximum Gasteiger partial charge on any atom is 0.252 e. The molecule has 0 radical (unpaired) electrons. The molecule has 2 aromatic rings. The summed E-state index contributed by atoms with van der Waals surface area (Å²) in [6, 6.07) is 5.26. The van der Waals surface area contributed by atoms with Crippen LogP contribution in [0.15, 0.2) is 24.3 Å². The van der Waals surface area contributed by atoms with Gasteiger partial charge in [-0.25, -0.2) is 9.37 Å². The SMILES string of the molecule is CC[C@@H](Nc1nc(Nc2cccc(NC)c2C=N)c(C(N)=O)cc1F)C(N)=O. The largest absolute Gasteiger partial charge is 0.388 e. The first-order chi connectivity index (χ1) is 13.3. The molecule has 1 atom stereocenters. The predicted octanol–water partition coefficient (Wildman–Crippen LogP) is 1.78. The fourth-order valence-corrected chi connectivity index (χ4v) is 2.59. The van der Waals surface area contributed by atoms with Crippen LogP contribution in [-0.2, 0) is 4.79 Å². The minimum Gasteiger partial charge on any atom is -0.388 e. The van der Waals surface area contributed by atoms with Crippen LogP contribution in [0.25, 0.3) is 0 Å². The molecule has 0 saturated heterocycles. The Hall–Kier alpha value is -3.69. The summed E-state index contributed by atoms with van der Waals surface area (Å²) in [5.41, 5.74) is 12.1. The van der Waals surface area contributed by atoms with Crippen molar-refractivity contribution < 1.29 is 14.0 Å². The van der Waals surface area contributed by atoms with E-state index in [4.69, 9.17) is 16.9 Å². The molecular weight excluding hydrogens is 365 g/mol. The lowest BCUT2D eigenvalue weighted by atomic mass is 10.1. The first-order valence-corrected chi connectivity index (χ1v) is 8.46. The van der Waals surface area contributed by atoms with Gasteiger partial charge in [0.05, 0.1) is 11.3 Å². The minimum absolute atomic E-state index is 0.0212. The molecule has 0 aliphatic carbocycles. The molecule has 0 bridgehead atoms. The smallest absolute Gasteiger partial charge is 0.252 e. The number of halogens is 1. The van der Waals surface area contributed by atoms with Gasteiger partial charge >= 0.3 is 0 Å². The summed E-state index contributed by atoms with van der Waals surface area (Å²) in [5, 5.41) is 16.1. The highest BCUT2D eigenvalue weighted by atomic mass is 19.1. The average molecular weight is 387 g/mol. The zero-order valence-corrected chi connectivity index (χ0v) is 15.5. The van der Waals surface area contributed by atoms with Crippen LogP contribution in [0.2, 0.25) is 0 Å². The molecule has 1 heterocycles. The number of nitrogens with one attached hydrogen (secondary N) is 4. The van der Waals surface area contributed by atoms with Gasteiger partial charge in [-0.1, -0.05) is 13.0 Å². The summed E-state index contributed by atoms with van der Waals surface area (Å²) >= 11 is 0. The van der Waals surface area contributed by atoms with E-state index in [1.165, 1.54) is 0 Å². The fraction of sp³-hybridized carbons (Fsp3) is 0.222. The van der Waals surface area contributed by atoms with Gasteiger partial charge in [0.2, 0.25) is 5.91 Å². The van der Waals surface area contributed by atoms with Gasteiger partial charge in [-0.3, -0.25) is 9.59 Å². The third kappa shape index (κ3) is 4.34. The fourth-order valence-electron chi connectivity index (χ4n) is 2.59. The predicted molar refractivity (Wildman–Crippen MR) is 107 cm³/mol.